The number of hydrogen-bond acceptors (Lipinski definition) is 24. The van der Waals surface area contributed by atoms with Crippen LogP contribution in [0.25, 0.3) is 0 Å². The summed E-state index contributed by atoms with van der Waals surface area (Å²) in [7, 11) is -5.81. The molecular weight excluding hydrogens is 1490 g/mol. The van der Waals surface area contributed by atoms with Crippen molar-refractivity contribution in [3.63, 3.8) is 0 Å². The molecule has 2 aliphatic heterocycles. The van der Waals surface area contributed by atoms with Crippen molar-refractivity contribution >= 4 is 31.7 Å². The van der Waals surface area contributed by atoms with Gasteiger partial charge in [-0.25, -0.2) is 4.57 Å². The Labute approximate surface area is 685 Å². The second-order valence-corrected chi connectivity index (χ2v) is 33.8. The molecule has 2 heterocycles. The molecule has 0 aromatic rings. The van der Waals surface area contributed by atoms with Gasteiger partial charge in [-0.3, -0.25) is 28.2 Å². The van der Waals surface area contributed by atoms with Crippen molar-refractivity contribution < 1.29 is 122 Å². The van der Waals surface area contributed by atoms with Crippen LogP contribution in [0.2, 0.25) is 0 Å². The van der Waals surface area contributed by atoms with Gasteiger partial charge in [-0.1, -0.05) is 270 Å². The maximum atomic E-state index is 14.9. The maximum absolute atomic E-state index is 14.9. The van der Waals surface area contributed by atoms with Gasteiger partial charge in [-0.05, 0) is 109 Å². The van der Waals surface area contributed by atoms with E-state index in [9.17, 15) is 74.6 Å². The van der Waals surface area contributed by atoms with E-state index < -0.39 is 162 Å². The van der Waals surface area contributed by atoms with E-state index in [2.05, 4.69) is 71.1 Å². The monoisotopic (exact) mass is 1650 g/mol. The summed E-state index contributed by atoms with van der Waals surface area (Å²) in [5.41, 5.74) is 0. The zero-order chi connectivity index (χ0) is 83.4. The van der Waals surface area contributed by atoms with Gasteiger partial charge in [0.05, 0.1) is 13.2 Å². The van der Waals surface area contributed by atoms with Crippen molar-refractivity contribution in [1.82, 2.24) is 0 Å². The molecule has 3 rings (SSSR count). The zero-order valence-corrected chi connectivity index (χ0v) is 71.7. The van der Waals surface area contributed by atoms with Gasteiger partial charge < -0.3 is 88.7 Å². The molecule has 0 bridgehead atoms. The highest BCUT2D eigenvalue weighted by Gasteiger charge is 2.60. The first-order valence-corrected chi connectivity index (χ1v) is 46.6. The Morgan fingerprint density at radius 1 is 0.368 bits per heavy atom. The molecule has 0 amide bonds. The van der Waals surface area contributed by atoms with E-state index in [0.29, 0.717) is 50.9 Å². The fourth-order valence-corrected chi connectivity index (χ4v) is 15.6. The first-order valence-electron chi connectivity index (χ1n) is 45.1. The topological polar surface area (TPSA) is 380 Å². The minimum Gasteiger partial charge on any atom is -0.463 e. The lowest BCUT2D eigenvalue weighted by Gasteiger charge is -2.50. The van der Waals surface area contributed by atoms with Crippen molar-refractivity contribution in [3.05, 3.63) is 36.5 Å². The Balaban J connectivity index is 1.96. The number of phosphoric acid groups is 1. The van der Waals surface area contributed by atoms with Gasteiger partial charge in [0.1, 0.15) is 92.6 Å². The van der Waals surface area contributed by atoms with E-state index in [1.165, 1.54) is 141 Å². The molecule has 0 radical (unpaired) electrons. The third-order valence-electron chi connectivity index (χ3n) is 22.0. The lowest BCUT2D eigenvalue weighted by atomic mass is 9.84. The lowest BCUT2D eigenvalue weighted by Crippen LogP contribution is -2.70. The number of unbranched alkanes of at least 4 members (excludes halogenated alkanes) is 37. The summed E-state index contributed by atoms with van der Waals surface area (Å²) in [6, 6.07) is 0. The predicted octanol–water partition coefficient (Wildman–Crippen LogP) is 15.8. The van der Waals surface area contributed by atoms with Crippen LogP contribution in [0.1, 0.15) is 362 Å². The van der Waals surface area contributed by atoms with E-state index in [-0.39, 0.29) is 25.7 Å². The van der Waals surface area contributed by atoms with Crippen molar-refractivity contribution in [2.75, 3.05) is 26.4 Å². The summed E-state index contributed by atoms with van der Waals surface area (Å²) in [5.74, 6) is -2.41. The van der Waals surface area contributed by atoms with Crippen molar-refractivity contribution in [1.29, 1.82) is 0 Å². The molecule has 0 aromatic heterocycles. The third kappa shape index (κ3) is 47.0. The summed E-state index contributed by atoms with van der Waals surface area (Å²) in [6.45, 7) is 7.79. The summed E-state index contributed by atoms with van der Waals surface area (Å²) < 4.78 is 73.2. The number of hydrogen-bond donors (Lipinski definition) is 10. The van der Waals surface area contributed by atoms with Gasteiger partial charge in [0.2, 0.25) is 0 Å². The molecule has 25 nitrogen and oxygen atoms in total. The van der Waals surface area contributed by atoms with Crippen molar-refractivity contribution in [2.24, 2.45) is 5.92 Å². The molecule has 10 N–H and O–H groups in total. The number of aliphatic hydroxyl groups is 9. The molecule has 26 heteroatoms. The molecule has 3 aliphatic rings. The summed E-state index contributed by atoms with van der Waals surface area (Å²) in [4.78, 5) is 66.3. The largest absolute Gasteiger partial charge is 0.472 e. The van der Waals surface area contributed by atoms with E-state index in [0.717, 1.165) is 116 Å². The normalized spacial score (nSPS) is 25.8. The molecule has 1 aliphatic carbocycles. The van der Waals surface area contributed by atoms with Gasteiger partial charge in [0, 0.05) is 25.7 Å². The molecule has 19 atom stereocenters. The van der Waals surface area contributed by atoms with Crippen LogP contribution in [-0.4, -0.2) is 205 Å². The van der Waals surface area contributed by atoms with Gasteiger partial charge in [0.15, 0.2) is 24.8 Å². The second-order valence-electron chi connectivity index (χ2n) is 32.4. The number of carbonyl (C=O) groups is 4. The number of rotatable bonds is 71. The molecule has 1 saturated carbocycles. The quantitative estimate of drug-likeness (QED) is 0.00889. The van der Waals surface area contributed by atoms with E-state index >= 15 is 0 Å². The molecular formula is C88H159O25P. The average molecular weight is 1650 g/mol. The van der Waals surface area contributed by atoms with Crippen LogP contribution in [0.15, 0.2) is 36.5 Å². The zero-order valence-electron chi connectivity index (χ0n) is 70.8. The number of ether oxygens (including phenoxy) is 8. The molecule has 19 unspecified atom stereocenters. The Bertz CT molecular complexity index is 2540. The van der Waals surface area contributed by atoms with Crippen LogP contribution >= 0.6 is 7.82 Å². The van der Waals surface area contributed by atoms with E-state index in [1.807, 2.05) is 0 Å². The number of carbonyl (C=O) groups excluding carboxylic acids is 4. The van der Waals surface area contributed by atoms with E-state index in [1.54, 1.807) is 0 Å². The Hall–Kier alpha value is -3.31. The first-order chi connectivity index (χ1) is 55.1. The van der Waals surface area contributed by atoms with E-state index in [4.69, 9.17) is 46.9 Å². The SMILES string of the molecule is CCCCCCCC/C=C\CCCCCC(=O)OCC(COP(=O)(O)OC1C(OC2OC(CO)C(O)C(O)C2O)C(O)C(O)C(OC(=O)CCCCCCCCC(C)CCCCCCCC)C1OC1OC(COC(=O)CCCCC/C=C\CCCCCCCC)C(O)C(O)C1O)OC(=O)CCCCC/C=C\CCCCCCCC. The Morgan fingerprint density at radius 3 is 1.14 bits per heavy atom. The Kier molecular flexibility index (Phi) is 61.1. The Morgan fingerprint density at radius 2 is 0.711 bits per heavy atom. The minimum absolute atomic E-state index is 0.00846. The number of phosphoric ester groups is 1. The molecule has 3 fully saturated rings. The molecule has 0 spiro atoms. The molecule has 114 heavy (non-hydrogen) atoms. The van der Waals surface area contributed by atoms with Crippen LogP contribution in [0.5, 0.6) is 0 Å². The van der Waals surface area contributed by atoms with Gasteiger partial charge in [-0.2, -0.15) is 0 Å². The summed E-state index contributed by atoms with van der Waals surface area (Å²) in [5, 5.41) is 102. The van der Waals surface area contributed by atoms with Crippen molar-refractivity contribution in [3.8, 4) is 0 Å². The smallest absolute Gasteiger partial charge is 0.463 e. The first kappa shape index (κ1) is 105. The van der Waals surface area contributed by atoms with Gasteiger partial charge in [-0.15, -0.1) is 0 Å². The fraction of sp³-hybridized carbons (Fsp3) is 0.886. The van der Waals surface area contributed by atoms with Crippen LogP contribution in [-0.2, 0) is 70.7 Å². The molecule has 2 saturated heterocycles. The summed E-state index contributed by atoms with van der Waals surface area (Å²) >= 11 is 0. The number of esters is 4. The fourth-order valence-electron chi connectivity index (χ4n) is 14.7. The minimum atomic E-state index is -5.81. The van der Waals surface area contributed by atoms with Crippen LogP contribution in [0.4, 0.5) is 0 Å². The number of allylic oxidation sites excluding steroid dienone is 6. The van der Waals surface area contributed by atoms with Gasteiger partial charge >= 0.3 is 31.7 Å². The molecule has 666 valence electrons. The summed E-state index contributed by atoms with van der Waals surface area (Å²) in [6.07, 6.45) is 24.7. The second kappa shape index (κ2) is 66.4. The average Bonchev–Trinajstić information content (AvgIpc) is 0.754. The predicted molar refractivity (Wildman–Crippen MR) is 439 cm³/mol. The maximum Gasteiger partial charge on any atom is 0.472 e. The van der Waals surface area contributed by atoms with Crippen LogP contribution < -0.4 is 0 Å². The van der Waals surface area contributed by atoms with Crippen molar-refractivity contribution in [2.45, 2.75) is 466 Å². The third-order valence-corrected chi connectivity index (χ3v) is 23.0. The van der Waals surface area contributed by atoms with Crippen LogP contribution in [0, 0.1) is 5.92 Å². The number of aliphatic hydroxyl groups excluding tert-OH is 9. The lowest BCUT2D eigenvalue weighted by molar-refractivity contribution is -0.360. The standard InChI is InChI=1S/C88H159O25P/c1-6-10-14-18-22-25-28-31-34-37-40-47-53-59-71(90)104-64-68(107-73(92)61-55-49-42-39-36-33-30-27-24-20-16-12-8-3)65-106-114(102,103)113-86-84(111-87-81(100)77(96)75(94)69(63-89)108-87)80(99)79(98)83(110-74(93)62-56-50-44-43-46-52-58-67(5)57-51-45-21-17-13-9-4)85(86)112-88-82(101)78(97)76(95)70(109-88)66-105-72(91)60-54-48-41-38-35-32-29-26-23-19-15-11-7-2/h31-36,67-70,75-89,94-101H,6-30,37-66H2,1-5H3,(H,102,103)/b34-31-,35-32-,36-33-. The van der Waals surface area contributed by atoms with Gasteiger partial charge in [0.25, 0.3) is 0 Å². The highest BCUT2D eigenvalue weighted by atomic mass is 31.2. The highest BCUT2D eigenvalue weighted by molar-refractivity contribution is 7.47. The molecule has 0 aromatic carbocycles. The highest BCUT2D eigenvalue weighted by Crippen LogP contribution is 2.49. The van der Waals surface area contributed by atoms with Crippen LogP contribution in [0.3, 0.4) is 0 Å².